The Hall–Kier alpha value is -1.82. The molecule has 0 aliphatic heterocycles. The smallest absolute Gasteiger partial charge is 0.328 e. The summed E-state index contributed by atoms with van der Waals surface area (Å²) in [6.07, 6.45) is 1.53. The van der Waals surface area contributed by atoms with Crippen LogP contribution in [0.3, 0.4) is 0 Å². The van der Waals surface area contributed by atoms with Gasteiger partial charge in [-0.2, -0.15) is 0 Å². The quantitative estimate of drug-likeness (QED) is 0.739. The Kier molecular flexibility index (Phi) is 4.53. The third-order valence-corrected chi connectivity index (χ3v) is 1.92. The summed E-state index contributed by atoms with van der Waals surface area (Å²) in [5.41, 5.74) is 0.622. The van der Waals surface area contributed by atoms with Crippen LogP contribution in [-0.4, -0.2) is 42.9 Å². The van der Waals surface area contributed by atoms with Gasteiger partial charge in [0.05, 0.1) is 13.7 Å². The van der Waals surface area contributed by atoms with Gasteiger partial charge in [-0.15, -0.1) is 0 Å². The first-order valence-corrected chi connectivity index (χ1v) is 4.65. The van der Waals surface area contributed by atoms with Crippen LogP contribution in [0.5, 0.6) is 5.88 Å². The number of methoxy groups -OCH3 is 2. The summed E-state index contributed by atoms with van der Waals surface area (Å²) in [5.74, 6) is -0.552. The average molecular weight is 226 g/mol. The topological polar surface area (TPSA) is 80.7 Å². The van der Waals surface area contributed by atoms with E-state index in [1.807, 2.05) is 0 Å². The van der Waals surface area contributed by atoms with Crippen LogP contribution in [0.25, 0.3) is 0 Å². The van der Waals surface area contributed by atoms with Crippen LogP contribution < -0.4 is 10.1 Å². The summed E-state index contributed by atoms with van der Waals surface area (Å²) in [7, 11) is 2.95. The van der Waals surface area contributed by atoms with Gasteiger partial charge in [0, 0.05) is 25.1 Å². The minimum atomic E-state index is -0.974. The zero-order chi connectivity index (χ0) is 12.0. The van der Waals surface area contributed by atoms with Crippen molar-refractivity contribution in [2.24, 2.45) is 0 Å². The number of rotatable bonds is 6. The fourth-order valence-electron chi connectivity index (χ4n) is 1.15. The maximum Gasteiger partial charge on any atom is 0.328 e. The molecule has 0 bridgehead atoms. The van der Waals surface area contributed by atoms with Crippen molar-refractivity contribution in [2.75, 3.05) is 26.1 Å². The minimum absolute atomic E-state index is 0.0833. The van der Waals surface area contributed by atoms with Gasteiger partial charge in [-0.1, -0.05) is 0 Å². The van der Waals surface area contributed by atoms with Crippen LogP contribution >= 0.6 is 0 Å². The standard InChI is InChI=1S/C10H14N2O4/c1-15-6-8(10(13)14)12-7-3-4-11-9(5-7)16-2/h3-5,8H,6H2,1-2H3,(H,11,12)(H,13,14). The largest absolute Gasteiger partial charge is 0.481 e. The molecular formula is C10H14N2O4. The number of carboxylic acid groups (broad SMARTS) is 1. The highest BCUT2D eigenvalue weighted by molar-refractivity contribution is 5.77. The van der Waals surface area contributed by atoms with Crippen molar-refractivity contribution >= 4 is 11.7 Å². The monoisotopic (exact) mass is 226 g/mol. The Morgan fingerprint density at radius 2 is 2.38 bits per heavy atom. The molecule has 1 aromatic rings. The highest BCUT2D eigenvalue weighted by Crippen LogP contribution is 2.14. The SMILES string of the molecule is COCC(Nc1ccnc(OC)c1)C(=O)O. The average Bonchev–Trinajstić information content (AvgIpc) is 2.28. The van der Waals surface area contributed by atoms with E-state index < -0.39 is 12.0 Å². The van der Waals surface area contributed by atoms with Crippen molar-refractivity contribution in [1.82, 2.24) is 4.98 Å². The second-order valence-electron chi connectivity index (χ2n) is 3.08. The molecule has 1 rings (SSSR count). The summed E-state index contributed by atoms with van der Waals surface area (Å²) >= 11 is 0. The summed E-state index contributed by atoms with van der Waals surface area (Å²) in [5, 5.41) is 11.7. The Bertz CT molecular complexity index is 356. The lowest BCUT2D eigenvalue weighted by Gasteiger charge is -2.14. The van der Waals surface area contributed by atoms with E-state index in [0.717, 1.165) is 0 Å². The van der Waals surface area contributed by atoms with Crippen LogP contribution in [-0.2, 0) is 9.53 Å². The summed E-state index contributed by atoms with van der Waals surface area (Å²) in [6, 6.07) is 2.48. The Morgan fingerprint density at radius 1 is 1.62 bits per heavy atom. The van der Waals surface area contributed by atoms with Gasteiger partial charge in [-0.05, 0) is 6.07 Å². The maximum atomic E-state index is 10.9. The van der Waals surface area contributed by atoms with Crippen molar-refractivity contribution in [1.29, 1.82) is 0 Å². The van der Waals surface area contributed by atoms with Gasteiger partial charge < -0.3 is 19.9 Å². The van der Waals surface area contributed by atoms with Gasteiger partial charge in [-0.25, -0.2) is 9.78 Å². The highest BCUT2D eigenvalue weighted by atomic mass is 16.5. The van der Waals surface area contributed by atoms with E-state index in [1.54, 1.807) is 12.1 Å². The maximum absolute atomic E-state index is 10.9. The molecule has 0 amide bonds. The first-order chi connectivity index (χ1) is 7.67. The molecule has 2 N–H and O–H groups in total. The highest BCUT2D eigenvalue weighted by Gasteiger charge is 2.16. The predicted octanol–water partition coefficient (Wildman–Crippen LogP) is 0.602. The number of nitrogens with zero attached hydrogens (tertiary/aromatic N) is 1. The van der Waals surface area contributed by atoms with Crippen molar-refractivity contribution in [3.8, 4) is 5.88 Å². The number of hydrogen-bond acceptors (Lipinski definition) is 5. The number of aliphatic carboxylic acids is 1. The fraction of sp³-hybridized carbons (Fsp3) is 0.400. The molecule has 1 aromatic heterocycles. The van der Waals surface area contributed by atoms with E-state index in [-0.39, 0.29) is 6.61 Å². The van der Waals surface area contributed by atoms with E-state index in [9.17, 15) is 4.79 Å². The lowest BCUT2D eigenvalue weighted by Crippen LogP contribution is -2.33. The Labute approximate surface area is 93.2 Å². The van der Waals surface area contributed by atoms with E-state index in [1.165, 1.54) is 20.4 Å². The summed E-state index contributed by atoms with van der Waals surface area (Å²) in [4.78, 5) is 14.8. The number of anilines is 1. The van der Waals surface area contributed by atoms with Crippen molar-refractivity contribution < 1.29 is 19.4 Å². The molecule has 16 heavy (non-hydrogen) atoms. The van der Waals surface area contributed by atoms with E-state index in [0.29, 0.717) is 11.6 Å². The second-order valence-corrected chi connectivity index (χ2v) is 3.08. The molecule has 0 aliphatic rings. The molecule has 1 atom stereocenters. The van der Waals surface area contributed by atoms with Crippen molar-refractivity contribution in [2.45, 2.75) is 6.04 Å². The number of pyridine rings is 1. The summed E-state index contributed by atoms with van der Waals surface area (Å²) in [6.45, 7) is 0.0833. The summed E-state index contributed by atoms with van der Waals surface area (Å²) < 4.78 is 9.73. The first kappa shape index (κ1) is 12.3. The van der Waals surface area contributed by atoms with Crippen LogP contribution in [0.15, 0.2) is 18.3 Å². The van der Waals surface area contributed by atoms with Crippen LogP contribution in [0.4, 0.5) is 5.69 Å². The molecule has 1 unspecified atom stereocenters. The fourth-order valence-corrected chi connectivity index (χ4v) is 1.15. The van der Waals surface area contributed by atoms with Gasteiger partial charge in [0.15, 0.2) is 0 Å². The zero-order valence-corrected chi connectivity index (χ0v) is 9.14. The zero-order valence-electron chi connectivity index (χ0n) is 9.14. The number of carbonyl (C=O) groups is 1. The molecule has 88 valence electrons. The lowest BCUT2D eigenvalue weighted by molar-refractivity contribution is -0.139. The van der Waals surface area contributed by atoms with E-state index in [2.05, 4.69) is 10.3 Å². The molecule has 6 heteroatoms. The number of aromatic nitrogens is 1. The number of nitrogens with one attached hydrogen (secondary N) is 1. The number of hydrogen-bond donors (Lipinski definition) is 2. The van der Waals surface area contributed by atoms with Crippen LogP contribution in [0.1, 0.15) is 0 Å². The molecule has 0 saturated carbocycles. The molecule has 0 aliphatic carbocycles. The van der Waals surface area contributed by atoms with E-state index >= 15 is 0 Å². The third-order valence-electron chi connectivity index (χ3n) is 1.92. The lowest BCUT2D eigenvalue weighted by atomic mass is 10.3. The Morgan fingerprint density at radius 3 is 2.94 bits per heavy atom. The second kappa shape index (κ2) is 5.92. The molecule has 6 nitrogen and oxygen atoms in total. The molecule has 1 heterocycles. The molecule has 0 spiro atoms. The first-order valence-electron chi connectivity index (χ1n) is 4.65. The van der Waals surface area contributed by atoms with Gasteiger partial charge in [0.2, 0.25) is 5.88 Å². The third kappa shape index (κ3) is 3.39. The van der Waals surface area contributed by atoms with Gasteiger partial charge in [0.1, 0.15) is 6.04 Å². The number of ether oxygens (including phenoxy) is 2. The van der Waals surface area contributed by atoms with Crippen LogP contribution in [0.2, 0.25) is 0 Å². The number of carboxylic acids is 1. The van der Waals surface area contributed by atoms with Crippen molar-refractivity contribution in [3.63, 3.8) is 0 Å². The van der Waals surface area contributed by atoms with Gasteiger partial charge in [-0.3, -0.25) is 0 Å². The molecular weight excluding hydrogens is 212 g/mol. The Balaban J connectivity index is 2.72. The molecule has 0 aromatic carbocycles. The normalized spacial score (nSPS) is 11.9. The van der Waals surface area contributed by atoms with Crippen LogP contribution in [0, 0.1) is 0 Å². The van der Waals surface area contributed by atoms with E-state index in [4.69, 9.17) is 14.6 Å². The molecule has 0 saturated heterocycles. The van der Waals surface area contributed by atoms with Gasteiger partial charge >= 0.3 is 5.97 Å². The molecule has 0 radical (unpaired) electrons. The van der Waals surface area contributed by atoms with Crippen molar-refractivity contribution in [3.05, 3.63) is 18.3 Å². The molecule has 0 fully saturated rings. The minimum Gasteiger partial charge on any atom is -0.481 e. The predicted molar refractivity (Wildman–Crippen MR) is 57.7 cm³/mol. The van der Waals surface area contributed by atoms with Gasteiger partial charge in [0.25, 0.3) is 0 Å².